The van der Waals surface area contributed by atoms with E-state index in [4.69, 9.17) is 4.74 Å². The Morgan fingerprint density at radius 1 is 1.29 bits per heavy atom. The minimum atomic E-state index is 0.429. The van der Waals surface area contributed by atoms with E-state index in [1.807, 2.05) is 10.9 Å². The molecule has 1 fully saturated rings. The monoisotopic (exact) mass is 294 g/mol. The maximum atomic E-state index is 6.03. The molecule has 120 valence electrons. The fraction of sp³-hybridized carbons (Fsp3) is 0.875. The number of hydrogen-bond donors (Lipinski definition) is 1. The van der Waals surface area contributed by atoms with Gasteiger partial charge in [-0.3, -0.25) is 0 Å². The molecule has 2 rings (SSSR count). The molecule has 1 aromatic rings. The van der Waals surface area contributed by atoms with E-state index in [1.165, 1.54) is 19.3 Å². The number of rotatable bonds is 8. The van der Waals surface area contributed by atoms with Gasteiger partial charge in [-0.05, 0) is 44.1 Å². The van der Waals surface area contributed by atoms with Crippen molar-refractivity contribution in [2.75, 3.05) is 13.2 Å². The van der Waals surface area contributed by atoms with Gasteiger partial charge in [-0.15, -0.1) is 5.10 Å². The average Bonchev–Trinajstić information content (AvgIpc) is 2.86. The van der Waals surface area contributed by atoms with Gasteiger partial charge in [0.1, 0.15) is 0 Å². The van der Waals surface area contributed by atoms with Crippen LogP contribution in [0.25, 0.3) is 0 Å². The van der Waals surface area contributed by atoms with Gasteiger partial charge in [0.05, 0.1) is 24.9 Å². The summed E-state index contributed by atoms with van der Waals surface area (Å²) >= 11 is 0. The molecule has 1 heterocycles. The molecular formula is C16H30N4O. The Balaban J connectivity index is 1.66. The molecule has 1 aliphatic carbocycles. The van der Waals surface area contributed by atoms with Crippen LogP contribution in [-0.2, 0) is 17.8 Å². The van der Waals surface area contributed by atoms with E-state index >= 15 is 0 Å². The van der Waals surface area contributed by atoms with Crippen molar-refractivity contribution in [3.63, 3.8) is 0 Å². The predicted octanol–water partition coefficient (Wildman–Crippen LogP) is 2.62. The van der Waals surface area contributed by atoms with Crippen LogP contribution >= 0.6 is 0 Å². The Labute approximate surface area is 128 Å². The van der Waals surface area contributed by atoms with Crippen molar-refractivity contribution in [2.45, 2.75) is 65.6 Å². The van der Waals surface area contributed by atoms with Gasteiger partial charge in [-0.1, -0.05) is 26.0 Å². The summed E-state index contributed by atoms with van der Waals surface area (Å²) in [5.74, 6) is 1.59. The molecule has 2 unspecified atom stereocenters. The molecule has 0 amide bonds. The lowest BCUT2D eigenvalue weighted by Gasteiger charge is -2.31. The van der Waals surface area contributed by atoms with Crippen molar-refractivity contribution in [2.24, 2.45) is 11.8 Å². The SMILES string of the molecule is CCCNCc1cn(CCOC2CC(C)CC(C)C2)nn1. The zero-order valence-corrected chi connectivity index (χ0v) is 13.7. The van der Waals surface area contributed by atoms with Gasteiger partial charge in [0.25, 0.3) is 0 Å². The topological polar surface area (TPSA) is 52.0 Å². The third kappa shape index (κ3) is 5.75. The highest BCUT2D eigenvalue weighted by atomic mass is 16.5. The fourth-order valence-electron chi connectivity index (χ4n) is 3.24. The highest BCUT2D eigenvalue weighted by Crippen LogP contribution is 2.30. The average molecular weight is 294 g/mol. The van der Waals surface area contributed by atoms with Gasteiger partial charge in [0, 0.05) is 12.7 Å². The Bertz CT molecular complexity index is 397. The molecule has 0 radical (unpaired) electrons. The van der Waals surface area contributed by atoms with E-state index in [-0.39, 0.29) is 0 Å². The third-order valence-corrected chi connectivity index (χ3v) is 4.13. The minimum absolute atomic E-state index is 0.429. The first-order chi connectivity index (χ1) is 10.2. The zero-order chi connectivity index (χ0) is 15.1. The quantitative estimate of drug-likeness (QED) is 0.749. The Morgan fingerprint density at radius 3 is 2.76 bits per heavy atom. The van der Waals surface area contributed by atoms with Crippen molar-refractivity contribution in [3.05, 3.63) is 11.9 Å². The van der Waals surface area contributed by atoms with Crippen LogP contribution in [0.2, 0.25) is 0 Å². The lowest BCUT2D eigenvalue weighted by molar-refractivity contribution is -0.00346. The number of aromatic nitrogens is 3. The first-order valence-electron chi connectivity index (χ1n) is 8.38. The van der Waals surface area contributed by atoms with E-state index < -0.39 is 0 Å². The van der Waals surface area contributed by atoms with Gasteiger partial charge < -0.3 is 10.1 Å². The predicted molar refractivity (Wildman–Crippen MR) is 83.9 cm³/mol. The summed E-state index contributed by atoms with van der Waals surface area (Å²) in [7, 11) is 0. The molecule has 0 spiro atoms. The number of nitrogens with zero attached hydrogens (tertiary/aromatic N) is 3. The molecule has 21 heavy (non-hydrogen) atoms. The third-order valence-electron chi connectivity index (χ3n) is 4.13. The Hall–Kier alpha value is -0.940. The molecule has 0 bridgehead atoms. The molecule has 1 N–H and O–H groups in total. The number of nitrogens with one attached hydrogen (secondary N) is 1. The van der Waals surface area contributed by atoms with Gasteiger partial charge in [-0.2, -0.15) is 0 Å². The van der Waals surface area contributed by atoms with E-state index in [1.54, 1.807) is 0 Å². The van der Waals surface area contributed by atoms with Crippen LogP contribution in [0.1, 0.15) is 52.1 Å². The van der Waals surface area contributed by atoms with Crippen LogP contribution in [-0.4, -0.2) is 34.2 Å². The van der Waals surface area contributed by atoms with E-state index in [9.17, 15) is 0 Å². The standard InChI is InChI=1S/C16H30N4O/c1-4-5-17-11-15-12-20(19-18-15)6-7-21-16-9-13(2)8-14(3)10-16/h12-14,16-17H,4-11H2,1-3H3. The molecule has 5 heteroatoms. The van der Waals surface area contributed by atoms with Crippen LogP contribution in [0.15, 0.2) is 6.20 Å². The lowest BCUT2D eigenvalue weighted by Crippen LogP contribution is -2.27. The van der Waals surface area contributed by atoms with Gasteiger partial charge >= 0.3 is 0 Å². The molecule has 5 nitrogen and oxygen atoms in total. The first-order valence-corrected chi connectivity index (χ1v) is 8.38. The van der Waals surface area contributed by atoms with Gasteiger partial charge in [0.15, 0.2) is 0 Å². The molecule has 0 saturated heterocycles. The second kappa shape index (κ2) is 8.49. The lowest BCUT2D eigenvalue weighted by atomic mass is 9.82. The molecule has 1 saturated carbocycles. The molecule has 2 atom stereocenters. The van der Waals surface area contributed by atoms with Crippen molar-refractivity contribution >= 4 is 0 Å². The van der Waals surface area contributed by atoms with Gasteiger partial charge in [-0.25, -0.2) is 4.68 Å². The molecule has 1 aromatic heterocycles. The van der Waals surface area contributed by atoms with E-state index in [0.29, 0.717) is 6.10 Å². The summed E-state index contributed by atoms with van der Waals surface area (Å²) < 4.78 is 7.92. The summed E-state index contributed by atoms with van der Waals surface area (Å²) in [6.07, 6.45) is 7.33. The highest BCUT2D eigenvalue weighted by Gasteiger charge is 2.24. The summed E-state index contributed by atoms with van der Waals surface area (Å²) in [4.78, 5) is 0. The summed E-state index contributed by atoms with van der Waals surface area (Å²) in [5, 5.41) is 11.7. The molecule has 1 aliphatic rings. The smallest absolute Gasteiger partial charge is 0.0964 e. The number of hydrogen-bond acceptors (Lipinski definition) is 4. The maximum Gasteiger partial charge on any atom is 0.0964 e. The summed E-state index contributed by atoms with van der Waals surface area (Å²) in [6.45, 7) is 10.2. The van der Waals surface area contributed by atoms with Crippen molar-refractivity contribution < 1.29 is 4.74 Å². The minimum Gasteiger partial charge on any atom is -0.376 e. The van der Waals surface area contributed by atoms with Crippen LogP contribution in [0, 0.1) is 11.8 Å². The second-order valence-corrected chi connectivity index (χ2v) is 6.56. The zero-order valence-electron chi connectivity index (χ0n) is 13.7. The van der Waals surface area contributed by atoms with Gasteiger partial charge in [0.2, 0.25) is 0 Å². The largest absolute Gasteiger partial charge is 0.376 e. The van der Waals surface area contributed by atoms with Crippen LogP contribution in [0.4, 0.5) is 0 Å². The van der Waals surface area contributed by atoms with E-state index in [2.05, 4.69) is 36.4 Å². The summed E-state index contributed by atoms with van der Waals surface area (Å²) in [5.41, 5.74) is 1.00. The fourth-order valence-corrected chi connectivity index (χ4v) is 3.24. The van der Waals surface area contributed by atoms with Crippen molar-refractivity contribution in [1.29, 1.82) is 0 Å². The van der Waals surface area contributed by atoms with Crippen LogP contribution in [0.3, 0.4) is 0 Å². The Morgan fingerprint density at radius 2 is 2.05 bits per heavy atom. The molecule has 0 aromatic carbocycles. The molecule has 0 aliphatic heterocycles. The maximum absolute atomic E-state index is 6.03. The normalized spacial score (nSPS) is 26.1. The van der Waals surface area contributed by atoms with Crippen molar-refractivity contribution in [3.8, 4) is 0 Å². The molecular weight excluding hydrogens is 264 g/mol. The first kappa shape index (κ1) is 16.4. The number of ether oxygens (including phenoxy) is 1. The summed E-state index contributed by atoms with van der Waals surface area (Å²) in [6, 6.07) is 0. The Kier molecular flexibility index (Phi) is 6.64. The van der Waals surface area contributed by atoms with E-state index in [0.717, 1.165) is 50.2 Å². The highest BCUT2D eigenvalue weighted by molar-refractivity contribution is 4.91. The van der Waals surface area contributed by atoms with Crippen LogP contribution in [0.5, 0.6) is 0 Å². The van der Waals surface area contributed by atoms with Crippen molar-refractivity contribution in [1.82, 2.24) is 20.3 Å². The second-order valence-electron chi connectivity index (χ2n) is 6.56. The van der Waals surface area contributed by atoms with Crippen LogP contribution < -0.4 is 5.32 Å².